The maximum absolute atomic E-state index is 12.0. The van der Waals surface area contributed by atoms with E-state index in [1.54, 1.807) is 0 Å². The van der Waals surface area contributed by atoms with Crippen LogP contribution in [0.4, 0.5) is 0 Å². The molecule has 5 rings (SSSR count). The van der Waals surface area contributed by atoms with Gasteiger partial charge in [0.05, 0.1) is 12.2 Å². The second kappa shape index (κ2) is 10.5. The third kappa shape index (κ3) is 4.57. The van der Waals surface area contributed by atoms with Crippen LogP contribution in [0.5, 0.6) is 0 Å². The summed E-state index contributed by atoms with van der Waals surface area (Å²) in [5.41, 5.74) is 0.520. The van der Waals surface area contributed by atoms with Gasteiger partial charge < -0.3 is 19.7 Å². The van der Waals surface area contributed by atoms with Crippen LogP contribution in [0.1, 0.15) is 111 Å². The van der Waals surface area contributed by atoms with Gasteiger partial charge in [-0.05, 0) is 123 Å². The molecule has 5 aliphatic rings. The second-order valence-corrected chi connectivity index (χ2v) is 13.9. The monoisotopic (exact) mass is 504 g/mol. The number of carbonyl (C=O) groups is 1. The maximum Gasteiger partial charge on any atom is 0.303 e. The number of hydrogen-bond acceptors (Lipinski definition) is 4. The van der Waals surface area contributed by atoms with E-state index in [1.807, 2.05) is 0 Å². The van der Waals surface area contributed by atoms with Gasteiger partial charge in [-0.15, -0.1) is 0 Å². The minimum absolute atomic E-state index is 0.0247. The summed E-state index contributed by atoms with van der Waals surface area (Å²) >= 11 is 0. The van der Waals surface area contributed by atoms with Crippen molar-refractivity contribution in [2.75, 3.05) is 6.61 Å². The predicted octanol–water partition coefficient (Wildman–Crippen LogP) is 6.66. The number of carboxylic acid groups (broad SMARTS) is 1. The molecular weight excluding hydrogens is 452 g/mol. The number of aliphatic carboxylic acids is 1. The van der Waals surface area contributed by atoms with Gasteiger partial charge in [-0.1, -0.05) is 34.1 Å². The Morgan fingerprint density at radius 2 is 1.78 bits per heavy atom. The second-order valence-electron chi connectivity index (χ2n) is 13.9. The van der Waals surface area contributed by atoms with Gasteiger partial charge in [0.15, 0.2) is 6.29 Å². The smallest absolute Gasteiger partial charge is 0.303 e. The number of aliphatic hydroxyl groups is 1. The molecule has 0 bridgehead atoms. The van der Waals surface area contributed by atoms with Crippen molar-refractivity contribution in [3.63, 3.8) is 0 Å². The minimum Gasteiger partial charge on any atom is -0.481 e. The SMILES string of the molecule is CCC1[C@@H](O)[C@@H]2[C@H](CC[C@]3(C)[C@@H]([C@H](C)CCC(=O)O)CC[C@@H]23)[C@@]2(C)CC[C@@H](OC3CCCCO3)C[C@@H]12. The molecule has 12 atom stereocenters. The van der Waals surface area contributed by atoms with Crippen LogP contribution in [-0.2, 0) is 14.3 Å². The van der Waals surface area contributed by atoms with Crippen molar-refractivity contribution < 1.29 is 24.5 Å². The van der Waals surface area contributed by atoms with Crippen LogP contribution in [-0.4, -0.2) is 41.3 Å². The Labute approximate surface area is 219 Å². The van der Waals surface area contributed by atoms with Crippen molar-refractivity contribution in [1.29, 1.82) is 0 Å². The third-order valence-corrected chi connectivity index (χ3v) is 12.4. The maximum atomic E-state index is 12.0. The van der Waals surface area contributed by atoms with Gasteiger partial charge in [-0.3, -0.25) is 4.79 Å². The lowest BCUT2D eigenvalue weighted by Crippen LogP contribution is -2.62. The molecule has 4 aliphatic carbocycles. The molecule has 36 heavy (non-hydrogen) atoms. The predicted molar refractivity (Wildman–Crippen MR) is 140 cm³/mol. The Bertz CT molecular complexity index is 779. The van der Waals surface area contributed by atoms with Crippen LogP contribution in [0.2, 0.25) is 0 Å². The first kappa shape index (κ1) is 26.9. The lowest BCUT2D eigenvalue weighted by molar-refractivity contribution is -0.234. The summed E-state index contributed by atoms with van der Waals surface area (Å²) in [4.78, 5) is 11.2. The summed E-state index contributed by atoms with van der Waals surface area (Å²) in [5, 5.41) is 21.3. The molecule has 5 heteroatoms. The molecule has 206 valence electrons. The summed E-state index contributed by atoms with van der Waals surface area (Å²) in [5.74, 6) is 2.78. The van der Waals surface area contributed by atoms with Gasteiger partial charge in [0.1, 0.15) is 0 Å². The van der Waals surface area contributed by atoms with E-state index in [-0.39, 0.29) is 35.7 Å². The Kier molecular flexibility index (Phi) is 7.85. The molecule has 1 aliphatic heterocycles. The number of ether oxygens (including phenoxy) is 2. The topological polar surface area (TPSA) is 76.0 Å². The molecule has 5 nitrogen and oxygen atoms in total. The summed E-state index contributed by atoms with van der Waals surface area (Å²) in [6, 6.07) is 0. The average Bonchev–Trinajstić information content (AvgIpc) is 3.21. The molecule has 2 unspecified atom stereocenters. The van der Waals surface area contributed by atoms with Crippen molar-refractivity contribution in [1.82, 2.24) is 0 Å². The molecule has 5 fully saturated rings. The van der Waals surface area contributed by atoms with Crippen molar-refractivity contribution in [2.24, 2.45) is 52.3 Å². The molecule has 0 amide bonds. The molecule has 0 aromatic heterocycles. The van der Waals surface area contributed by atoms with Gasteiger partial charge in [0, 0.05) is 13.0 Å². The summed E-state index contributed by atoms with van der Waals surface area (Å²) in [7, 11) is 0. The largest absolute Gasteiger partial charge is 0.481 e. The molecule has 0 radical (unpaired) electrons. The van der Waals surface area contributed by atoms with Gasteiger partial charge >= 0.3 is 5.97 Å². The first-order valence-electron chi connectivity index (χ1n) is 15.4. The van der Waals surface area contributed by atoms with Crippen molar-refractivity contribution in [3.8, 4) is 0 Å². The summed E-state index contributed by atoms with van der Waals surface area (Å²) < 4.78 is 12.4. The van der Waals surface area contributed by atoms with Crippen LogP contribution in [0.15, 0.2) is 0 Å². The van der Waals surface area contributed by atoms with Crippen LogP contribution >= 0.6 is 0 Å². The van der Waals surface area contributed by atoms with Crippen molar-refractivity contribution in [3.05, 3.63) is 0 Å². The molecule has 1 heterocycles. The molecule has 0 aromatic carbocycles. The highest BCUT2D eigenvalue weighted by molar-refractivity contribution is 5.66. The zero-order chi connectivity index (χ0) is 25.7. The first-order valence-corrected chi connectivity index (χ1v) is 15.4. The Hall–Kier alpha value is -0.650. The van der Waals surface area contributed by atoms with Gasteiger partial charge in [0.25, 0.3) is 0 Å². The van der Waals surface area contributed by atoms with E-state index in [0.717, 1.165) is 45.1 Å². The lowest BCUT2D eigenvalue weighted by Gasteiger charge is -2.65. The fourth-order valence-electron chi connectivity index (χ4n) is 10.6. The van der Waals surface area contributed by atoms with E-state index in [4.69, 9.17) is 9.47 Å². The Morgan fingerprint density at radius 1 is 1.03 bits per heavy atom. The zero-order valence-corrected chi connectivity index (χ0v) is 23.3. The van der Waals surface area contributed by atoms with E-state index in [2.05, 4.69) is 27.7 Å². The highest BCUT2D eigenvalue weighted by atomic mass is 16.7. The fraction of sp³-hybridized carbons (Fsp3) is 0.968. The average molecular weight is 505 g/mol. The number of rotatable bonds is 7. The number of aliphatic hydroxyl groups excluding tert-OH is 1. The van der Waals surface area contributed by atoms with Gasteiger partial charge in [-0.25, -0.2) is 0 Å². The number of hydrogen-bond donors (Lipinski definition) is 2. The Balaban J connectivity index is 1.34. The van der Waals surface area contributed by atoms with Gasteiger partial charge in [0.2, 0.25) is 0 Å². The fourth-order valence-corrected chi connectivity index (χ4v) is 10.6. The van der Waals surface area contributed by atoms with E-state index in [1.165, 1.54) is 38.5 Å². The molecule has 1 saturated heterocycles. The molecule has 0 aromatic rings. The van der Waals surface area contributed by atoms with Crippen LogP contribution in [0.3, 0.4) is 0 Å². The van der Waals surface area contributed by atoms with Crippen molar-refractivity contribution in [2.45, 2.75) is 130 Å². The highest BCUT2D eigenvalue weighted by Gasteiger charge is 2.65. The van der Waals surface area contributed by atoms with Crippen LogP contribution < -0.4 is 0 Å². The standard InChI is InChI=1S/C31H52O5/c1-5-21-25-18-20(36-27-8-6-7-17-35-27)13-15-31(25,4)24-14-16-30(3)22(19(2)9-12-26(32)33)10-11-23(30)28(24)29(21)34/h19-25,27-29,34H,5-18H2,1-4H3,(H,32,33)/t19-,20-,21?,22-,23+,24+,25+,27?,28+,29-,30-,31-/m1/s1. The van der Waals surface area contributed by atoms with E-state index in [0.29, 0.717) is 41.4 Å². The summed E-state index contributed by atoms with van der Waals surface area (Å²) in [6.45, 7) is 10.5. The molecular formula is C31H52O5. The summed E-state index contributed by atoms with van der Waals surface area (Å²) in [6.07, 6.45) is 13.8. The van der Waals surface area contributed by atoms with E-state index < -0.39 is 5.97 Å². The third-order valence-electron chi connectivity index (χ3n) is 12.4. The molecule has 2 N–H and O–H groups in total. The van der Waals surface area contributed by atoms with Gasteiger partial charge in [-0.2, -0.15) is 0 Å². The van der Waals surface area contributed by atoms with E-state index >= 15 is 0 Å². The van der Waals surface area contributed by atoms with E-state index in [9.17, 15) is 15.0 Å². The molecule has 4 saturated carbocycles. The first-order chi connectivity index (χ1) is 17.2. The normalized spacial score (nSPS) is 49.5. The minimum atomic E-state index is -0.674. The van der Waals surface area contributed by atoms with Crippen molar-refractivity contribution >= 4 is 5.97 Å². The number of fused-ring (bicyclic) bond motifs is 5. The number of carboxylic acids is 1. The lowest BCUT2D eigenvalue weighted by atomic mass is 9.41. The van der Waals surface area contributed by atoms with Crippen LogP contribution in [0.25, 0.3) is 0 Å². The highest BCUT2D eigenvalue weighted by Crippen LogP contribution is 2.69. The van der Waals surface area contributed by atoms with Crippen LogP contribution in [0, 0.1) is 52.3 Å². The zero-order valence-electron chi connectivity index (χ0n) is 23.3. The quantitative estimate of drug-likeness (QED) is 0.379. The Morgan fingerprint density at radius 3 is 2.47 bits per heavy atom. The molecule has 0 spiro atoms.